The molecule has 0 aromatic heterocycles. The highest BCUT2D eigenvalue weighted by Gasteiger charge is 2.38. The molecule has 9 heteroatoms. The van der Waals surface area contributed by atoms with Crippen molar-refractivity contribution < 1.29 is 32.3 Å². The van der Waals surface area contributed by atoms with Crippen LogP contribution in [0.5, 0.6) is 0 Å². The van der Waals surface area contributed by atoms with Crippen LogP contribution in [-0.4, -0.2) is 55.1 Å². The topological polar surface area (TPSA) is 75.7 Å². The molecule has 0 aliphatic rings. The Morgan fingerprint density at radius 3 is 2.21 bits per heavy atom. The smallest absolute Gasteiger partial charge is 0.463 e. The average Bonchev–Trinajstić information content (AvgIpc) is 2.47. The standard InChI is InChI=1S/C15H23F3N2O4/c1-6-24-13(22)10(4)7-11(9(2)3)20(5)12(21)8-19-14(23)15(16,17)18/h7,9,11H,6,8H2,1-5H3,(H,19,23)/t11-/m1/s1. The summed E-state index contributed by atoms with van der Waals surface area (Å²) >= 11 is 0. The summed E-state index contributed by atoms with van der Waals surface area (Å²) in [5, 5.41) is 1.53. The van der Waals surface area contributed by atoms with Crippen LogP contribution in [0.15, 0.2) is 11.6 Å². The molecule has 2 amide bonds. The summed E-state index contributed by atoms with van der Waals surface area (Å²) in [7, 11) is 1.39. The van der Waals surface area contributed by atoms with E-state index in [0.29, 0.717) is 0 Å². The van der Waals surface area contributed by atoms with Crippen molar-refractivity contribution in [1.29, 1.82) is 0 Å². The van der Waals surface area contributed by atoms with E-state index < -0.39 is 36.5 Å². The Morgan fingerprint density at radius 2 is 1.79 bits per heavy atom. The molecule has 24 heavy (non-hydrogen) atoms. The van der Waals surface area contributed by atoms with E-state index >= 15 is 0 Å². The Bertz CT molecular complexity index is 501. The number of rotatable bonds is 7. The lowest BCUT2D eigenvalue weighted by atomic mass is 10.00. The van der Waals surface area contributed by atoms with Crippen LogP contribution in [0.1, 0.15) is 27.7 Å². The van der Waals surface area contributed by atoms with Gasteiger partial charge in [-0.15, -0.1) is 0 Å². The number of ether oxygens (including phenoxy) is 1. The van der Waals surface area contributed by atoms with E-state index in [1.54, 1.807) is 20.8 Å². The molecule has 1 atom stereocenters. The van der Waals surface area contributed by atoms with Gasteiger partial charge in [0.25, 0.3) is 0 Å². The van der Waals surface area contributed by atoms with Crippen LogP contribution in [0.4, 0.5) is 13.2 Å². The largest absolute Gasteiger partial charge is 0.471 e. The first-order chi connectivity index (χ1) is 10.9. The van der Waals surface area contributed by atoms with Gasteiger partial charge in [-0.25, -0.2) is 4.79 Å². The van der Waals surface area contributed by atoms with Gasteiger partial charge in [-0.1, -0.05) is 19.9 Å². The maximum absolute atomic E-state index is 12.1. The van der Waals surface area contributed by atoms with Crippen LogP contribution in [0.25, 0.3) is 0 Å². The fourth-order valence-electron chi connectivity index (χ4n) is 1.87. The molecule has 0 rings (SSSR count). The van der Waals surface area contributed by atoms with Gasteiger partial charge in [-0.05, 0) is 19.8 Å². The number of carbonyl (C=O) groups is 3. The van der Waals surface area contributed by atoms with Crippen LogP contribution in [0.2, 0.25) is 0 Å². The van der Waals surface area contributed by atoms with Gasteiger partial charge in [-0.3, -0.25) is 9.59 Å². The molecule has 0 saturated heterocycles. The molecule has 0 spiro atoms. The van der Waals surface area contributed by atoms with Gasteiger partial charge in [0.15, 0.2) is 0 Å². The number of likely N-dealkylation sites (N-methyl/N-ethyl adjacent to an activating group) is 1. The Balaban J connectivity index is 5.00. The second-order valence-corrected chi connectivity index (χ2v) is 5.49. The molecular formula is C15H23F3N2O4. The first kappa shape index (κ1) is 21.9. The van der Waals surface area contributed by atoms with E-state index in [2.05, 4.69) is 0 Å². The van der Waals surface area contributed by atoms with E-state index in [0.717, 1.165) is 0 Å². The number of alkyl halides is 3. The molecule has 0 aromatic carbocycles. The van der Waals surface area contributed by atoms with Crippen molar-refractivity contribution in [2.24, 2.45) is 5.92 Å². The summed E-state index contributed by atoms with van der Waals surface area (Å²) in [5.74, 6) is -3.53. The zero-order valence-electron chi connectivity index (χ0n) is 14.4. The highest BCUT2D eigenvalue weighted by molar-refractivity contribution is 5.89. The summed E-state index contributed by atoms with van der Waals surface area (Å²) in [5.41, 5.74) is 0.287. The third-order valence-corrected chi connectivity index (χ3v) is 3.20. The highest BCUT2D eigenvalue weighted by Crippen LogP contribution is 2.15. The third-order valence-electron chi connectivity index (χ3n) is 3.20. The van der Waals surface area contributed by atoms with E-state index in [-0.39, 0.29) is 18.1 Å². The monoisotopic (exact) mass is 352 g/mol. The van der Waals surface area contributed by atoms with Crippen LogP contribution in [0.3, 0.4) is 0 Å². The van der Waals surface area contributed by atoms with Gasteiger partial charge in [0.1, 0.15) is 0 Å². The number of nitrogens with zero attached hydrogens (tertiary/aromatic N) is 1. The molecule has 0 heterocycles. The van der Waals surface area contributed by atoms with Gasteiger partial charge in [0, 0.05) is 12.6 Å². The molecular weight excluding hydrogens is 329 g/mol. The van der Waals surface area contributed by atoms with E-state index in [9.17, 15) is 27.6 Å². The van der Waals surface area contributed by atoms with Crippen molar-refractivity contribution in [1.82, 2.24) is 10.2 Å². The van der Waals surface area contributed by atoms with Crippen LogP contribution in [-0.2, 0) is 19.1 Å². The molecule has 0 bridgehead atoms. The van der Waals surface area contributed by atoms with Crippen LogP contribution < -0.4 is 5.32 Å². The fraction of sp³-hybridized carbons (Fsp3) is 0.667. The predicted octanol–water partition coefficient (Wildman–Crippen LogP) is 1.66. The van der Waals surface area contributed by atoms with Gasteiger partial charge < -0.3 is 15.0 Å². The summed E-state index contributed by atoms with van der Waals surface area (Å²) in [6, 6.07) is -0.537. The number of esters is 1. The van der Waals surface area contributed by atoms with Crippen LogP contribution >= 0.6 is 0 Å². The van der Waals surface area contributed by atoms with Crippen molar-refractivity contribution in [3.63, 3.8) is 0 Å². The summed E-state index contributed by atoms with van der Waals surface area (Å²) in [6.07, 6.45) is -3.52. The van der Waals surface area contributed by atoms with E-state index in [4.69, 9.17) is 4.74 Å². The molecule has 6 nitrogen and oxygen atoms in total. The van der Waals surface area contributed by atoms with Crippen molar-refractivity contribution in [3.05, 3.63) is 11.6 Å². The predicted molar refractivity (Wildman–Crippen MR) is 80.9 cm³/mol. The number of amides is 2. The quantitative estimate of drug-likeness (QED) is 0.558. The summed E-state index contributed by atoms with van der Waals surface area (Å²) in [4.78, 5) is 35.6. The van der Waals surface area contributed by atoms with E-state index in [1.807, 2.05) is 0 Å². The zero-order valence-corrected chi connectivity index (χ0v) is 14.4. The maximum Gasteiger partial charge on any atom is 0.471 e. The molecule has 0 aromatic rings. The molecule has 0 radical (unpaired) electrons. The normalized spacial score (nSPS) is 13.5. The number of hydrogen-bond acceptors (Lipinski definition) is 4. The number of hydrogen-bond donors (Lipinski definition) is 1. The Hall–Kier alpha value is -2.06. The molecule has 1 N–H and O–H groups in total. The molecule has 0 aliphatic heterocycles. The lowest BCUT2D eigenvalue weighted by molar-refractivity contribution is -0.174. The minimum absolute atomic E-state index is 0.110. The lowest BCUT2D eigenvalue weighted by Gasteiger charge is -2.29. The molecule has 0 aliphatic carbocycles. The number of carbonyl (C=O) groups excluding carboxylic acids is 3. The fourth-order valence-corrected chi connectivity index (χ4v) is 1.87. The molecule has 0 saturated carbocycles. The molecule has 0 unspecified atom stereocenters. The van der Waals surface area contributed by atoms with Crippen molar-refractivity contribution >= 4 is 17.8 Å². The number of nitrogens with one attached hydrogen (secondary N) is 1. The SMILES string of the molecule is CCOC(=O)C(C)=C[C@H](C(C)C)N(C)C(=O)CNC(=O)C(F)(F)F. The number of halogens is 3. The Morgan fingerprint density at radius 1 is 1.25 bits per heavy atom. The third kappa shape index (κ3) is 7.01. The second-order valence-electron chi connectivity index (χ2n) is 5.49. The second kappa shape index (κ2) is 9.29. The van der Waals surface area contributed by atoms with Crippen LogP contribution in [0, 0.1) is 5.92 Å². The first-order valence-corrected chi connectivity index (χ1v) is 7.38. The van der Waals surface area contributed by atoms with Crippen molar-refractivity contribution in [2.45, 2.75) is 39.9 Å². The minimum Gasteiger partial charge on any atom is -0.463 e. The zero-order chi connectivity index (χ0) is 19.1. The van der Waals surface area contributed by atoms with Gasteiger partial charge in [0.05, 0.1) is 19.2 Å². The highest BCUT2D eigenvalue weighted by atomic mass is 19.4. The summed E-state index contributed by atoms with van der Waals surface area (Å²) in [6.45, 7) is 6.18. The van der Waals surface area contributed by atoms with Crippen molar-refractivity contribution in [3.8, 4) is 0 Å². The van der Waals surface area contributed by atoms with Crippen molar-refractivity contribution in [2.75, 3.05) is 20.2 Å². The molecule has 138 valence electrons. The van der Waals surface area contributed by atoms with E-state index in [1.165, 1.54) is 30.3 Å². The maximum atomic E-state index is 12.1. The lowest BCUT2D eigenvalue weighted by Crippen LogP contribution is -2.47. The van der Waals surface area contributed by atoms with Gasteiger partial charge in [0.2, 0.25) is 5.91 Å². The first-order valence-electron chi connectivity index (χ1n) is 7.38. The molecule has 0 fully saturated rings. The average molecular weight is 352 g/mol. The Kier molecular flexibility index (Phi) is 8.49. The minimum atomic E-state index is -5.04. The Labute approximate surface area is 139 Å². The summed E-state index contributed by atoms with van der Waals surface area (Å²) < 4.78 is 41.2. The van der Waals surface area contributed by atoms with Gasteiger partial charge in [-0.2, -0.15) is 13.2 Å². The van der Waals surface area contributed by atoms with Gasteiger partial charge >= 0.3 is 18.1 Å².